The van der Waals surface area contributed by atoms with Crippen LogP contribution in [0.25, 0.3) is 0 Å². The molecule has 1 amide bonds. The van der Waals surface area contributed by atoms with E-state index in [9.17, 15) is 4.79 Å². The van der Waals surface area contributed by atoms with Crippen LogP contribution in [0.2, 0.25) is 0 Å². The van der Waals surface area contributed by atoms with Crippen molar-refractivity contribution in [3.63, 3.8) is 0 Å². The number of carbonyl (C=O) groups is 1. The summed E-state index contributed by atoms with van der Waals surface area (Å²) in [7, 11) is 0. The molecule has 0 aliphatic carbocycles. The molecule has 4 nitrogen and oxygen atoms in total. The molecular weight excluding hydrogens is 264 g/mol. The molecule has 0 aromatic carbocycles. The van der Waals surface area contributed by atoms with Crippen molar-refractivity contribution in [2.45, 2.75) is 65.9 Å². The number of amides is 1. The summed E-state index contributed by atoms with van der Waals surface area (Å²) in [5.74, 6) is 1.34. The summed E-state index contributed by atoms with van der Waals surface area (Å²) in [5.41, 5.74) is -0.404. The van der Waals surface area contributed by atoms with Gasteiger partial charge in [-0.05, 0) is 71.4 Å². The zero-order valence-electron chi connectivity index (χ0n) is 14.6. The number of likely N-dealkylation sites (tertiary alicyclic amines) is 1. The lowest BCUT2D eigenvalue weighted by molar-refractivity contribution is 0.0166. The SMILES string of the molecule is CC(C)CCCNCC1CCCN(C(=O)OC(C)(C)C)C1. The van der Waals surface area contributed by atoms with Crippen molar-refractivity contribution in [1.29, 1.82) is 0 Å². The van der Waals surface area contributed by atoms with Gasteiger partial charge < -0.3 is 15.0 Å². The third kappa shape index (κ3) is 8.30. The molecule has 1 N–H and O–H groups in total. The minimum atomic E-state index is -0.404. The van der Waals surface area contributed by atoms with E-state index in [1.54, 1.807) is 0 Å². The van der Waals surface area contributed by atoms with Gasteiger partial charge in [0.15, 0.2) is 0 Å². The third-order valence-corrected chi connectivity index (χ3v) is 3.74. The van der Waals surface area contributed by atoms with Crippen LogP contribution in [0.5, 0.6) is 0 Å². The Morgan fingerprint density at radius 3 is 2.71 bits per heavy atom. The molecule has 0 saturated carbocycles. The van der Waals surface area contributed by atoms with Crippen LogP contribution in [0.15, 0.2) is 0 Å². The number of carbonyl (C=O) groups excluding carboxylic acids is 1. The van der Waals surface area contributed by atoms with Gasteiger partial charge in [-0.15, -0.1) is 0 Å². The molecule has 124 valence electrons. The molecule has 0 spiro atoms. The van der Waals surface area contributed by atoms with Crippen molar-refractivity contribution >= 4 is 6.09 Å². The first kappa shape index (κ1) is 18.3. The molecule has 1 heterocycles. The molecule has 0 radical (unpaired) electrons. The summed E-state index contributed by atoms with van der Waals surface area (Å²) in [4.78, 5) is 14.0. The Labute approximate surface area is 130 Å². The Hall–Kier alpha value is -0.770. The summed E-state index contributed by atoms with van der Waals surface area (Å²) in [6.07, 6.45) is 4.64. The Bertz CT molecular complexity index is 310. The summed E-state index contributed by atoms with van der Waals surface area (Å²) >= 11 is 0. The molecule has 0 aromatic heterocycles. The lowest BCUT2D eigenvalue weighted by Gasteiger charge is -2.34. The minimum absolute atomic E-state index is 0.160. The van der Waals surface area contributed by atoms with E-state index in [4.69, 9.17) is 4.74 Å². The largest absolute Gasteiger partial charge is 0.444 e. The third-order valence-electron chi connectivity index (χ3n) is 3.74. The van der Waals surface area contributed by atoms with Crippen LogP contribution >= 0.6 is 0 Å². The Morgan fingerprint density at radius 1 is 1.38 bits per heavy atom. The van der Waals surface area contributed by atoms with E-state index >= 15 is 0 Å². The highest BCUT2D eigenvalue weighted by molar-refractivity contribution is 5.68. The fourth-order valence-electron chi connectivity index (χ4n) is 2.67. The van der Waals surface area contributed by atoms with Gasteiger partial charge in [0.25, 0.3) is 0 Å². The second-order valence-corrected chi connectivity index (χ2v) is 7.67. The van der Waals surface area contributed by atoms with Gasteiger partial charge in [-0.25, -0.2) is 4.79 Å². The molecule has 1 unspecified atom stereocenters. The van der Waals surface area contributed by atoms with Crippen molar-refractivity contribution in [1.82, 2.24) is 10.2 Å². The van der Waals surface area contributed by atoms with E-state index in [1.165, 1.54) is 19.3 Å². The van der Waals surface area contributed by atoms with Gasteiger partial charge in [-0.3, -0.25) is 0 Å². The fraction of sp³-hybridized carbons (Fsp3) is 0.941. The van der Waals surface area contributed by atoms with Gasteiger partial charge in [0.2, 0.25) is 0 Å². The van der Waals surface area contributed by atoms with Crippen molar-refractivity contribution in [3.8, 4) is 0 Å². The first-order valence-corrected chi connectivity index (χ1v) is 8.46. The smallest absolute Gasteiger partial charge is 0.410 e. The highest BCUT2D eigenvalue weighted by Gasteiger charge is 2.27. The van der Waals surface area contributed by atoms with Gasteiger partial charge in [-0.1, -0.05) is 13.8 Å². The fourth-order valence-corrected chi connectivity index (χ4v) is 2.67. The van der Waals surface area contributed by atoms with Crippen LogP contribution in [0.1, 0.15) is 60.3 Å². The zero-order chi connectivity index (χ0) is 15.9. The average Bonchev–Trinajstić information content (AvgIpc) is 2.36. The molecule has 4 heteroatoms. The lowest BCUT2D eigenvalue weighted by Crippen LogP contribution is -2.45. The summed E-state index contributed by atoms with van der Waals surface area (Å²) < 4.78 is 5.46. The van der Waals surface area contributed by atoms with E-state index in [1.807, 2.05) is 25.7 Å². The first-order chi connectivity index (χ1) is 9.78. The van der Waals surface area contributed by atoms with Crippen LogP contribution in [-0.2, 0) is 4.74 Å². The summed E-state index contributed by atoms with van der Waals surface area (Å²) in [5, 5.41) is 3.54. The molecular formula is C17H34N2O2. The van der Waals surface area contributed by atoms with Crippen LogP contribution < -0.4 is 5.32 Å². The minimum Gasteiger partial charge on any atom is -0.444 e. The molecule has 1 rings (SSSR count). The Kier molecular flexibility index (Phi) is 7.50. The molecule has 1 aliphatic rings. The van der Waals surface area contributed by atoms with Crippen molar-refractivity contribution in [3.05, 3.63) is 0 Å². The second-order valence-electron chi connectivity index (χ2n) is 7.67. The average molecular weight is 298 g/mol. The Morgan fingerprint density at radius 2 is 2.10 bits per heavy atom. The van der Waals surface area contributed by atoms with E-state index in [0.717, 1.165) is 38.5 Å². The standard InChI is InChI=1S/C17H34N2O2/c1-14(2)8-6-10-18-12-15-9-7-11-19(13-15)16(20)21-17(3,4)5/h14-15,18H,6-13H2,1-5H3. The second kappa shape index (κ2) is 8.62. The van der Waals surface area contributed by atoms with Gasteiger partial charge >= 0.3 is 6.09 Å². The lowest BCUT2D eigenvalue weighted by atomic mass is 9.98. The number of nitrogens with zero attached hydrogens (tertiary/aromatic N) is 1. The summed E-state index contributed by atoms with van der Waals surface area (Å²) in [6, 6.07) is 0. The van der Waals surface area contributed by atoms with E-state index in [2.05, 4.69) is 19.2 Å². The molecule has 1 atom stereocenters. The molecule has 1 fully saturated rings. The first-order valence-electron chi connectivity index (χ1n) is 8.46. The number of hydrogen-bond acceptors (Lipinski definition) is 3. The molecule has 0 aromatic rings. The van der Waals surface area contributed by atoms with Gasteiger partial charge in [0.1, 0.15) is 5.60 Å². The van der Waals surface area contributed by atoms with Gasteiger partial charge in [-0.2, -0.15) is 0 Å². The quantitative estimate of drug-likeness (QED) is 0.761. The van der Waals surface area contributed by atoms with Crippen LogP contribution in [0, 0.1) is 11.8 Å². The van der Waals surface area contributed by atoms with Crippen LogP contribution in [-0.4, -0.2) is 42.8 Å². The molecule has 1 aliphatic heterocycles. The summed E-state index contributed by atoms with van der Waals surface area (Å²) in [6.45, 7) is 14.0. The molecule has 0 bridgehead atoms. The maximum Gasteiger partial charge on any atom is 0.410 e. The number of ether oxygens (including phenoxy) is 1. The predicted molar refractivity (Wildman–Crippen MR) is 87.5 cm³/mol. The van der Waals surface area contributed by atoms with Gasteiger partial charge in [0, 0.05) is 13.1 Å². The molecule has 1 saturated heterocycles. The normalized spacial score (nSPS) is 19.9. The molecule has 21 heavy (non-hydrogen) atoms. The highest BCUT2D eigenvalue weighted by atomic mass is 16.6. The van der Waals surface area contributed by atoms with Crippen molar-refractivity contribution in [2.24, 2.45) is 11.8 Å². The maximum atomic E-state index is 12.1. The number of rotatable bonds is 6. The van der Waals surface area contributed by atoms with Crippen LogP contribution in [0.3, 0.4) is 0 Å². The van der Waals surface area contributed by atoms with Crippen molar-refractivity contribution in [2.75, 3.05) is 26.2 Å². The van der Waals surface area contributed by atoms with Gasteiger partial charge in [0.05, 0.1) is 0 Å². The number of nitrogens with one attached hydrogen (secondary N) is 1. The van der Waals surface area contributed by atoms with Crippen LogP contribution in [0.4, 0.5) is 4.79 Å². The predicted octanol–water partition coefficient (Wildman–Crippen LogP) is 3.66. The van der Waals surface area contributed by atoms with E-state index in [0.29, 0.717) is 5.92 Å². The Balaban J connectivity index is 2.24. The van der Waals surface area contributed by atoms with E-state index < -0.39 is 5.60 Å². The van der Waals surface area contributed by atoms with Crippen molar-refractivity contribution < 1.29 is 9.53 Å². The zero-order valence-corrected chi connectivity index (χ0v) is 14.6. The van der Waals surface area contributed by atoms with E-state index in [-0.39, 0.29) is 6.09 Å². The highest BCUT2D eigenvalue weighted by Crippen LogP contribution is 2.18. The number of piperidine rings is 1. The maximum absolute atomic E-state index is 12.1. The topological polar surface area (TPSA) is 41.6 Å². The monoisotopic (exact) mass is 298 g/mol. The number of hydrogen-bond donors (Lipinski definition) is 1.